The smallest absolute Gasteiger partial charge is 0.463 e. The van der Waals surface area contributed by atoms with Crippen molar-refractivity contribution in [3.63, 3.8) is 0 Å². The van der Waals surface area contributed by atoms with Crippen molar-refractivity contribution in [1.82, 2.24) is 0 Å². The topological polar surface area (TPSA) is 231 Å². The number of carbonyl (C=O) groups is 3. The molecule has 0 aromatic carbocycles. The summed E-state index contributed by atoms with van der Waals surface area (Å²) >= 11 is 0. The van der Waals surface area contributed by atoms with Crippen LogP contribution in [0.1, 0.15) is 252 Å². The first-order valence-electron chi connectivity index (χ1n) is 36.4. The average molecular weight is 1400 g/mol. The molecule has 5 atom stereocenters. The third-order valence-corrected chi connectivity index (χ3v) is 16.3. The zero-order chi connectivity index (χ0) is 70.9. The summed E-state index contributed by atoms with van der Waals surface area (Å²) in [7, 11) is -9.82. The number of carbonyl (C=O) groups excluding carboxylic acids is 3. The van der Waals surface area contributed by atoms with Crippen LogP contribution in [-0.4, -0.2) is 95.9 Å². The maximum Gasteiger partial charge on any atom is 0.472 e. The molecule has 16 nitrogen and oxygen atoms in total. The fourth-order valence-corrected chi connectivity index (χ4v) is 10.5. The zero-order valence-corrected chi connectivity index (χ0v) is 61.5. The van der Waals surface area contributed by atoms with Crippen molar-refractivity contribution in [2.75, 3.05) is 39.6 Å². The van der Waals surface area contributed by atoms with Gasteiger partial charge in [-0.25, -0.2) is 9.13 Å². The first-order chi connectivity index (χ1) is 47.2. The number of ether oxygens (including phenoxy) is 3. The molecule has 550 valence electrons. The maximum absolute atomic E-state index is 13.0. The number of phosphoric ester groups is 2. The van der Waals surface area contributed by atoms with E-state index in [2.05, 4.69) is 191 Å². The Morgan fingerprint density at radius 3 is 0.887 bits per heavy atom. The van der Waals surface area contributed by atoms with Crippen LogP contribution >= 0.6 is 15.6 Å². The SMILES string of the molecule is CC/C=C\C/C=C\C/C=C\C/C=C\C/C=C\C/C=C\CCCCC(=O)OCC(O)COP(=O)(O)OCC(O)COP(=O)(O)OCC(COC(=O)CCCCCCC/C=C\C/C=C\C/C=C\C/C=C\C/C=C\CC)OC(=O)CCCCCCCC/C=C\C/C=C\C/C=C\CCCCC. The first-order valence-corrected chi connectivity index (χ1v) is 39.4. The van der Waals surface area contributed by atoms with E-state index in [1.165, 1.54) is 19.3 Å². The highest BCUT2D eigenvalue weighted by Crippen LogP contribution is 2.45. The zero-order valence-electron chi connectivity index (χ0n) is 59.7. The van der Waals surface area contributed by atoms with Gasteiger partial charge in [-0.15, -0.1) is 0 Å². The predicted octanol–water partition coefficient (Wildman–Crippen LogP) is 20.9. The molecule has 97 heavy (non-hydrogen) atoms. The molecule has 0 saturated carbocycles. The molecular formula is C79H128O16P2. The molecule has 0 bridgehead atoms. The Kier molecular flexibility index (Phi) is 67.0. The van der Waals surface area contributed by atoms with Gasteiger partial charge < -0.3 is 34.2 Å². The van der Waals surface area contributed by atoms with Gasteiger partial charge in [-0.2, -0.15) is 0 Å². The Bertz CT molecular complexity index is 2440. The Labute approximate surface area is 586 Å². The highest BCUT2D eigenvalue weighted by Gasteiger charge is 2.29. The number of allylic oxidation sites excluding steroid dienone is 28. The van der Waals surface area contributed by atoms with Crippen molar-refractivity contribution in [2.45, 2.75) is 270 Å². The van der Waals surface area contributed by atoms with Crippen molar-refractivity contribution in [3.8, 4) is 0 Å². The monoisotopic (exact) mass is 1390 g/mol. The molecule has 0 heterocycles. The van der Waals surface area contributed by atoms with E-state index in [4.69, 9.17) is 32.3 Å². The molecule has 0 aliphatic heterocycles. The lowest BCUT2D eigenvalue weighted by molar-refractivity contribution is -0.161. The number of esters is 3. The largest absolute Gasteiger partial charge is 0.472 e. The lowest BCUT2D eigenvalue weighted by atomic mass is 10.1. The average Bonchev–Trinajstić information content (AvgIpc) is 1.90. The second-order valence-corrected chi connectivity index (χ2v) is 26.5. The van der Waals surface area contributed by atoms with Crippen LogP contribution < -0.4 is 0 Å². The van der Waals surface area contributed by atoms with Crippen LogP contribution in [-0.2, 0) is 55.8 Å². The van der Waals surface area contributed by atoms with E-state index in [-0.39, 0.29) is 19.3 Å². The quantitative estimate of drug-likeness (QED) is 0.0146. The van der Waals surface area contributed by atoms with E-state index in [1.807, 2.05) is 0 Å². The summed E-state index contributed by atoms with van der Waals surface area (Å²) in [6.45, 7) is 2.30. The van der Waals surface area contributed by atoms with Crippen molar-refractivity contribution in [2.24, 2.45) is 0 Å². The molecule has 0 saturated heterocycles. The molecule has 0 amide bonds. The Balaban J connectivity index is 4.81. The lowest BCUT2D eigenvalue weighted by Crippen LogP contribution is -2.30. The van der Waals surface area contributed by atoms with Crippen molar-refractivity contribution >= 4 is 33.6 Å². The van der Waals surface area contributed by atoms with Crippen molar-refractivity contribution < 1.29 is 75.8 Å². The third-order valence-electron chi connectivity index (χ3n) is 14.4. The number of rotatable bonds is 67. The van der Waals surface area contributed by atoms with Gasteiger partial charge in [0.25, 0.3) is 0 Å². The van der Waals surface area contributed by atoms with Crippen LogP contribution in [0.25, 0.3) is 0 Å². The molecule has 0 radical (unpaired) electrons. The summed E-state index contributed by atoms with van der Waals surface area (Å²) in [5.74, 6) is -1.67. The maximum atomic E-state index is 13.0. The first kappa shape index (κ1) is 91.9. The molecule has 5 unspecified atom stereocenters. The molecule has 0 aromatic rings. The summed E-state index contributed by atoms with van der Waals surface area (Å²) in [5, 5.41) is 20.6. The number of unbranched alkanes of at least 4 members (excludes halogenated alkanes) is 16. The standard InChI is InChI=1S/C79H128O16P2/c1-4-7-10-13-16-19-22-25-28-31-34-36-39-41-44-47-50-53-56-59-62-65-77(82)89-68-74(80)69-91-96(85,86)92-70-75(81)71-93-97(87,88)94-73-76(95-79(84)67-64-61-58-55-52-49-46-43-38-33-30-27-24-21-18-15-12-9-6-3)72-90-78(83)66-63-60-57-54-51-48-45-42-40-37-35-32-29-26-23-20-17-14-11-8-5-2/h7-8,10-11,16-21,25-30,34-38,41-45,50,53,74-76,80-81H,4-6,9,12-15,22-24,31-33,39-40,46-49,51-52,54-73H2,1-3H3,(H,85,86)(H,87,88)/b10-7-,11-8-,19-16-,20-17-,21-18-,28-25-,29-26-,30-27-,36-34-,37-35-,43-38-,44-41-,45-42-,53-50-. The Morgan fingerprint density at radius 2 is 0.546 bits per heavy atom. The van der Waals surface area contributed by atoms with Crippen LogP contribution in [0.5, 0.6) is 0 Å². The second kappa shape index (κ2) is 70.8. The number of phosphoric acid groups is 2. The van der Waals surface area contributed by atoms with Crippen LogP contribution in [0, 0.1) is 0 Å². The van der Waals surface area contributed by atoms with E-state index in [9.17, 15) is 43.5 Å². The van der Waals surface area contributed by atoms with Gasteiger partial charge >= 0.3 is 33.6 Å². The Morgan fingerprint density at radius 1 is 0.299 bits per heavy atom. The summed E-state index contributed by atoms with van der Waals surface area (Å²) in [5.41, 5.74) is 0. The second-order valence-electron chi connectivity index (χ2n) is 23.6. The highest BCUT2D eigenvalue weighted by molar-refractivity contribution is 7.47. The van der Waals surface area contributed by atoms with E-state index < -0.39 is 91.5 Å². The number of aliphatic hydroxyl groups is 2. The molecule has 0 spiro atoms. The van der Waals surface area contributed by atoms with Gasteiger partial charge in [-0.05, 0) is 154 Å². The van der Waals surface area contributed by atoms with Gasteiger partial charge in [0.2, 0.25) is 0 Å². The minimum absolute atomic E-state index is 0.0774. The van der Waals surface area contributed by atoms with Gasteiger partial charge in [0.05, 0.1) is 26.4 Å². The third kappa shape index (κ3) is 72.0. The molecule has 4 N–H and O–H groups in total. The summed E-state index contributed by atoms with van der Waals surface area (Å²) in [4.78, 5) is 58.6. The van der Waals surface area contributed by atoms with Crippen molar-refractivity contribution in [1.29, 1.82) is 0 Å². The molecule has 0 rings (SSSR count). The summed E-state index contributed by atoms with van der Waals surface area (Å²) in [6.07, 6.45) is 88.2. The molecule has 0 aliphatic rings. The van der Waals surface area contributed by atoms with Gasteiger partial charge in [-0.3, -0.25) is 32.5 Å². The molecule has 0 fully saturated rings. The van der Waals surface area contributed by atoms with Crippen LogP contribution in [0.2, 0.25) is 0 Å². The molecule has 0 aliphatic carbocycles. The number of aliphatic hydroxyl groups excluding tert-OH is 2. The fourth-order valence-electron chi connectivity index (χ4n) is 8.90. The van der Waals surface area contributed by atoms with E-state index in [0.717, 1.165) is 173 Å². The molecule has 18 heteroatoms. The highest BCUT2D eigenvalue weighted by atomic mass is 31.2. The van der Waals surface area contributed by atoms with Crippen molar-refractivity contribution in [3.05, 3.63) is 170 Å². The van der Waals surface area contributed by atoms with Crippen LogP contribution in [0.3, 0.4) is 0 Å². The Hall–Kier alpha value is -5.09. The van der Waals surface area contributed by atoms with Gasteiger partial charge in [0.1, 0.15) is 25.4 Å². The minimum atomic E-state index is -4.95. The summed E-state index contributed by atoms with van der Waals surface area (Å²) in [6, 6.07) is 0. The van der Waals surface area contributed by atoms with Gasteiger partial charge in [0.15, 0.2) is 6.10 Å². The normalized spacial score (nSPS) is 15.1. The number of hydrogen-bond donors (Lipinski definition) is 4. The van der Waals surface area contributed by atoms with E-state index in [1.54, 1.807) is 0 Å². The fraction of sp³-hybridized carbons (Fsp3) is 0.608. The molecule has 0 aromatic heterocycles. The van der Waals surface area contributed by atoms with E-state index >= 15 is 0 Å². The summed E-state index contributed by atoms with van der Waals surface area (Å²) < 4.78 is 61.0. The molecular weight excluding hydrogens is 1270 g/mol. The number of hydrogen-bond acceptors (Lipinski definition) is 14. The lowest BCUT2D eigenvalue weighted by Gasteiger charge is -2.21. The van der Waals surface area contributed by atoms with Crippen LogP contribution in [0.4, 0.5) is 0 Å². The van der Waals surface area contributed by atoms with Crippen LogP contribution in [0.15, 0.2) is 170 Å². The predicted molar refractivity (Wildman–Crippen MR) is 398 cm³/mol. The van der Waals surface area contributed by atoms with E-state index in [0.29, 0.717) is 19.3 Å². The van der Waals surface area contributed by atoms with Gasteiger partial charge in [-0.1, -0.05) is 249 Å². The van der Waals surface area contributed by atoms with Gasteiger partial charge in [0, 0.05) is 19.3 Å². The minimum Gasteiger partial charge on any atom is -0.463 e.